The summed E-state index contributed by atoms with van der Waals surface area (Å²) in [7, 11) is 4.94. The van der Waals surface area contributed by atoms with Crippen molar-refractivity contribution < 1.29 is 19.1 Å². The summed E-state index contributed by atoms with van der Waals surface area (Å²) in [5.74, 6) is 2.39. The lowest BCUT2D eigenvalue weighted by Gasteiger charge is -2.57. The Bertz CT molecular complexity index is 922. The largest absolute Gasteiger partial charge is 0.496 e. The average Bonchev–Trinajstić information content (AvgIpc) is 2.96. The van der Waals surface area contributed by atoms with E-state index in [1.807, 2.05) is 30.1 Å². The zero-order valence-electron chi connectivity index (χ0n) is 19.4. The first-order valence-corrected chi connectivity index (χ1v) is 11.9. The quantitative estimate of drug-likeness (QED) is 0.639. The predicted octanol–water partition coefficient (Wildman–Crippen LogP) is 3.39. The van der Waals surface area contributed by atoms with Gasteiger partial charge in [0.25, 0.3) is 0 Å². The summed E-state index contributed by atoms with van der Waals surface area (Å²) < 4.78 is 5.53. The molecule has 1 aliphatic heterocycles. The van der Waals surface area contributed by atoms with Crippen LogP contribution in [-0.2, 0) is 19.8 Å². The maximum Gasteiger partial charge on any atom is 0.240 e. The summed E-state index contributed by atoms with van der Waals surface area (Å²) in [6.45, 7) is 0.759. The van der Waals surface area contributed by atoms with Crippen LogP contribution in [0.4, 0.5) is 0 Å². The van der Waals surface area contributed by atoms with E-state index in [0.29, 0.717) is 11.3 Å². The third kappa shape index (κ3) is 3.34. The fraction of sp³-hybridized carbons (Fsp3) is 0.654. The molecule has 6 heteroatoms. The molecule has 172 valence electrons. The van der Waals surface area contributed by atoms with Crippen molar-refractivity contribution in [2.45, 2.75) is 56.8 Å². The molecule has 0 radical (unpaired) electrons. The second-order valence-electron chi connectivity index (χ2n) is 11.1. The van der Waals surface area contributed by atoms with Crippen LogP contribution in [0.15, 0.2) is 24.3 Å². The lowest BCUT2D eigenvalue weighted by molar-refractivity contribution is -0.142. The summed E-state index contributed by atoms with van der Waals surface area (Å²) >= 11 is 0. The molecular formula is C26H34N2O4. The summed E-state index contributed by atoms with van der Waals surface area (Å²) in [5.41, 5.74) is -0.337. The number of hydrogen-bond acceptors (Lipinski definition) is 4. The Balaban J connectivity index is 1.40. The molecule has 5 fully saturated rings. The second kappa shape index (κ2) is 7.60. The van der Waals surface area contributed by atoms with Gasteiger partial charge in [0, 0.05) is 39.0 Å². The Morgan fingerprint density at radius 3 is 2.22 bits per heavy atom. The third-order valence-corrected chi connectivity index (χ3v) is 8.78. The Kier molecular flexibility index (Phi) is 5.10. The number of hydrogen-bond donors (Lipinski definition) is 0. The molecule has 0 aromatic heterocycles. The molecule has 1 aromatic rings. The highest BCUT2D eigenvalue weighted by Gasteiger charge is 2.55. The molecule has 32 heavy (non-hydrogen) atoms. The lowest BCUT2D eigenvalue weighted by atomic mass is 9.49. The van der Waals surface area contributed by atoms with Gasteiger partial charge in [-0.15, -0.1) is 0 Å². The zero-order valence-corrected chi connectivity index (χ0v) is 19.4. The van der Waals surface area contributed by atoms with Gasteiger partial charge in [-0.3, -0.25) is 19.3 Å². The Morgan fingerprint density at radius 2 is 1.69 bits per heavy atom. The van der Waals surface area contributed by atoms with Crippen molar-refractivity contribution in [3.8, 4) is 5.75 Å². The number of carbonyl (C=O) groups is 3. The summed E-state index contributed by atoms with van der Waals surface area (Å²) in [6.07, 6.45) is 7.80. The number of imide groups is 1. The molecular weight excluding hydrogens is 404 g/mol. The first-order valence-electron chi connectivity index (χ1n) is 11.9. The highest BCUT2D eigenvalue weighted by atomic mass is 16.5. The van der Waals surface area contributed by atoms with E-state index in [9.17, 15) is 14.4 Å². The molecule has 6 rings (SSSR count). The van der Waals surface area contributed by atoms with Crippen LogP contribution < -0.4 is 4.74 Å². The average molecular weight is 439 g/mol. The molecule has 3 amide bonds. The topological polar surface area (TPSA) is 66.9 Å². The number of para-hydroxylation sites is 1. The number of likely N-dealkylation sites (tertiary alicyclic amines) is 1. The van der Waals surface area contributed by atoms with Gasteiger partial charge in [-0.05, 0) is 67.8 Å². The third-order valence-electron chi connectivity index (χ3n) is 8.78. The molecule has 0 unspecified atom stereocenters. The molecule has 4 bridgehead atoms. The zero-order chi connectivity index (χ0) is 22.7. The van der Waals surface area contributed by atoms with E-state index >= 15 is 0 Å². The van der Waals surface area contributed by atoms with Crippen LogP contribution in [0, 0.1) is 23.2 Å². The Hall–Kier alpha value is -2.37. The molecule has 5 aliphatic rings. The van der Waals surface area contributed by atoms with Crippen LogP contribution in [0.1, 0.15) is 56.9 Å². The number of methoxy groups -OCH3 is 1. The van der Waals surface area contributed by atoms with Gasteiger partial charge >= 0.3 is 0 Å². The van der Waals surface area contributed by atoms with E-state index < -0.39 is 5.41 Å². The Labute approximate surface area is 190 Å². The number of amides is 3. The van der Waals surface area contributed by atoms with Crippen molar-refractivity contribution in [2.75, 3.05) is 27.7 Å². The fourth-order valence-electron chi connectivity index (χ4n) is 7.84. The minimum Gasteiger partial charge on any atom is -0.496 e. The maximum atomic E-state index is 13.6. The molecule has 4 saturated carbocycles. The Morgan fingerprint density at radius 1 is 1.09 bits per heavy atom. The van der Waals surface area contributed by atoms with Crippen LogP contribution >= 0.6 is 0 Å². The van der Waals surface area contributed by atoms with Crippen molar-refractivity contribution in [3.05, 3.63) is 29.8 Å². The number of rotatable bonds is 6. The molecule has 4 aliphatic carbocycles. The van der Waals surface area contributed by atoms with Crippen LogP contribution in [0.2, 0.25) is 0 Å². The van der Waals surface area contributed by atoms with E-state index in [4.69, 9.17) is 4.74 Å². The number of carbonyl (C=O) groups excluding carboxylic acids is 3. The van der Waals surface area contributed by atoms with Crippen LogP contribution in [-0.4, -0.2) is 55.3 Å². The van der Waals surface area contributed by atoms with E-state index in [2.05, 4.69) is 0 Å². The SMILES string of the molecule is COc1ccccc1[C@]1(CC(=O)N(C)CC23CC4CC(CC(C4)C2)C3)CC(=O)N(C)C1=O. The monoisotopic (exact) mass is 438 g/mol. The van der Waals surface area contributed by atoms with Gasteiger partial charge in [-0.2, -0.15) is 0 Å². The van der Waals surface area contributed by atoms with Gasteiger partial charge in [0.05, 0.1) is 12.5 Å². The predicted molar refractivity (Wildman–Crippen MR) is 120 cm³/mol. The van der Waals surface area contributed by atoms with E-state index in [0.717, 1.165) is 24.3 Å². The fourth-order valence-corrected chi connectivity index (χ4v) is 7.84. The van der Waals surface area contributed by atoms with Gasteiger partial charge < -0.3 is 9.64 Å². The van der Waals surface area contributed by atoms with Crippen molar-refractivity contribution >= 4 is 17.7 Å². The highest BCUT2D eigenvalue weighted by molar-refractivity contribution is 6.10. The van der Waals surface area contributed by atoms with Crippen molar-refractivity contribution in [2.24, 2.45) is 23.2 Å². The molecule has 0 spiro atoms. The van der Waals surface area contributed by atoms with Gasteiger partial charge in [0.1, 0.15) is 5.75 Å². The normalized spacial score (nSPS) is 35.5. The smallest absolute Gasteiger partial charge is 0.240 e. The maximum absolute atomic E-state index is 13.6. The first-order chi connectivity index (χ1) is 15.2. The number of likely N-dealkylation sites (N-methyl/N-ethyl adjacent to an activating group) is 1. The summed E-state index contributed by atoms with van der Waals surface area (Å²) in [4.78, 5) is 42.5. The number of ether oxygens (including phenoxy) is 1. The van der Waals surface area contributed by atoms with Crippen molar-refractivity contribution in [3.63, 3.8) is 0 Å². The molecule has 1 heterocycles. The van der Waals surface area contributed by atoms with E-state index in [-0.39, 0.29) is 36.0 Å². The minimum atomic E-state index is -1.20. The van der Waals surface area contributed by atoms with E-state index in [1.165, 1.54) is 50.5 Å². The van der Waals surface area contributed by atoms with Gasteiger partial charge in [-0.25, -0.2) is 0 Å². The second-order valence-corrected chi connectivity index (χ2v) is 11.1. The summed E-state index contributed by atoms with van der Waals surface area (Å²) in [6, 6.07) is 7.27. The highest BCUT2D eigenvalue weighted by Crippen LogP contribution is 2.60. The first kappa shape index (κ1) is 21.5. The molecule has 1 atom stereocenters. The van der Waals surface area contributed by atoms with Gasteiger partial charge in [0.15, 0.2) is 0 Å². The molecule has 1 aromatic carbocycles. The standard InChI is InChI=1S/C26H34N2O4/c1-27(16-25-11-17-8-18(12-25)10-19(9-17)13-25)22(29)14-26(15-23(30)28(2)24(26)31)20-6-4-5-7-21(20)32-3/h4-7,17-19H,8-16H2,1-3H3/t17?,18?,19?,25?,26-/m0/s1. The van der Waals surface area contributed by atoms with Crippen LogP contribution in [0.25, 0.3) is 0 Å². The van der Waals surface area contributed by atoms with Crippen LogP contribution in [0.3, 0.4) is 0 Å². The number of nitrogens with zero attached hydrogens (tertiary/aromatic N) is 2. The molecule has 0 N–H and O–H groups in total. The van der Waals surface area contributed by atoms with Gasteiger partial charge in [0.2, 0.25) is 17.7 Å². The van der Waals surface area contributed by atoms with Crippen molar-refractivity contribution in [1.29, 1.82) is 0 Å². The lowest BCUT2D eigenvalue weighted by Crippen LogP contribution is -2.52. The number of benzene rings is 1. The van der Waals surface area contributed by atoms with Gasteiger partial charge in [-0.1, -0.05) is 18.2 Å². The molecule has 6 nitrogen and oxygen atoms in total. The summed E-state index contributed by atoms with van der Waals surface area (Å²) in [5, 5.41) is 0. The van der Waals surface area contributed by atoms with Crippen LogP contribution in [0.5, 0.6) is 5.75 Å². The van der Waals surface area contributed by atoms with Crippen molar-refractivity contribution in [1.82, 2.24) is 9.80 Å². The van der Waals surface area contributed by atoms with E-state index in [1.54, 1.807) is 13.2 Å². The molecule has 1 saturated heterocycles. The minimum absolute atomic E-state index is 0.000345.